The molecule has 0 unspecified atom stereocenters. The van der Waals surface area contributed by atoms with E-state index in [0.29, 0.717) is 0 Å². The van der Waals surface area contributed by atoms with Crippen molar-refractivity contribution < 1.29 is 0 Å². The SMILES string of the molecule is CCCc1cc(CNC2CC2)cc(N(C)CCN(C)C)n1. The molecule has 4 heteroatoms. The Hall–Kier alpha value is -1.13. The van der Waals surface area contributed by atoms with Crippen LogP contribution in [0.25, 0.3) is 0 Å². The van der Waals surface area contributed by atoms with Gasteiger partial charge in [-0.05, 0) is 51.1 Å². The van der Waals surface area contributed by atoms with Crippen LogP contribution in [0.3, 0.4) is 0 Å². The highest BCUT2D eigenvalue weighted by atomic mass is 15.2. The van der Waals surface area contributed by atoms with E-state index in [1.54, 1.807) is 0 Å². The molecule has 1 N–H and O–H groups in total. The van der Waals surface area contributed by atoms with Gasteiger partial charge in [0, 0.05) is 38.4 Å². The van der Waals surface area contributed by atoms with Crippen LogP contribution >= 0.6 is 0 Å². The molecule has 0 aliphatic heterocycles. The zero-order chi connectivity index (χ0) is 15.2. The number of nitrogens with zero attached hydrogens (tertiary/aromatic N) is 3. The zero-order valence-corrected chi connectivity index (χ0v) is 14.0. The van der Waals surface area contributed by atoms with Crippen molar-refractivity contribution in [1.29, 1.82) is 0 Å². The molecular formula is C17H30N4. The van der Waals surface area contributed by atoms with Gasteiger partial charge in [-0.15, -0.1) is 0 Å². The minimum Gasteiger partial charge on any atom is -0.358 e. The van der Waals surface area contributed by atoms with E-state index in [0.717, 1.165) is 44.3 Å². The molecule has 0 aromatic carbocycles. The standard InChI is InChI=1S/C17H30N4/c1-5-6-16-11-14(13-18-15-7-8-15)12-17(19-16)21(4)10-9-20(2)3/h11-12,15,18H,5-10,13H2,1-4H3. The number of likely N-dealkylation sites (N-methyl/N-ethyl adjacent to an activating group) is 2. The van der Waals surface area contributed by atoms with Gasteiger partial charge in [-0.25, -0.2) is 4.98 Å². The molecule has 118 valence electrons. The van der Waals surface area contributed by atoms with Crippen LogP contribution in [-0.2, 0) is 13.0 Å². The Bertz CT molecular complexity index is 440. The molecule has 0 bridgehead atoms. The highest BCUT2D eigenvalue weighted by molar-refractivity contribution is 5.42. The van der Waals surface area contributed by atoms with E-state index in [9.17, 15) is 0 Å². The van der Waals surface area contributed by atoms with E-state index in [4.69, 9.17) is 4.98 Å². The van der Waals surface area contributed by atoms with Gasteiger partial charge in [0.15, 0.2) is 0 Å². The summed E-state index contributed by atoms with van der Waals surface area (Å²) >= 11 is 0. The summed E-state index contributed by atoms with van der Waals surface area (Å²) in [4.78, 5) is 9.30. The Morgan fingerprint density at radius 1 is 1.19 bits per heavy atom. The Morgan fingerprint density at radius 3 is 2.57 bits per heavy atom. The molecule has 1 aromatic rings. The van der Waals surface area contributed by atoms with E-state index < -0.39 is 0 Å². The van der Waals surface area contributed by atoms with E-state index in [1.807, 2.05) is 0 Å². The van der Waals surface area contributed by atoms with Crippen LogP contribution in [0.1, 0.15) is 37.4 Å². The van der Waals surface area contributed by atoms with Gasteiger partial charge < -0.3 is 15.1 Å². The van der Waals surface area contributed by atoms with Gasteiger partial charge in [-0.3, -0.25) is 0 Å². The number of aromatic nitrogens is 1. The van der Waals surface area contributed by atoms with E-state index in [1.165, 1.54) is 24.1 Å². The lowest BCUT2D eigenvalue weighted by atomic mass is 10.1. The fraction of sp³-hybridized carbons (Fsp3) is 0.706. The molecule has 0 saturated heterocycles. The first-order valence-corrected chi connectivity index (χ1v) is 8.17. The monoisotopic (exact) mass is 290 g/mol. The third-order valence-corrected chi connectivity index (χ3v) is 3.88. The normalized spacial score (nSPS) is 14.7. The summed E-state index contributed by atoms with van der Waals surface area (Å²) in [7, 11) is 6.36. The van der Waals surface area contributed by atoms with Crippen LogP contribution in [0, 0.1) is 0 Å². The second-order valence-electron chi connectivity index (χ2n) is 6.45. The van der Waals surface area contributed by atoms with Crippen LogP contribution in [0.2, 0.25) is 0 Å². The number of hydrogen-bond acceptors (Lipinski definition) is 4. The van der Waals surface area contributed by atoms with Gasteiger partial charge in [-0.1, -0.05) is 13.3 Å². The number of anilines is 1. The van der Waals surface area contributed by atoms with Crippen molar-refractivity contribution in [2.75, 3.05) is 39.1 Å². The predicted octanol–water partition coefficient (Wildman–Crippen LogP) is 2.28. The van der Waals surface area contributed by atoms with Crippen LogP contribution in [0.5, 0.6) is 0 Å². The van der Waals surface area contributed by atoms with Crippen LogP contribution in [0.4, 0.5) is 5.82 Å². The van der Waals surface area contributed by atoms with Crippen molar-refractivity contribution >= 4 is 5.82 Å². The first-order chi connectivity index (χ1) is 10.1. The Kier molecular flexibility index (Phi) is 6.00. The fourth-order valence-electron chi connectivity index (χ4n) is 2.33. The number of rotatable bonds is 9. The molecular weight excluding hydrogens is 260 g/mol. The maximum Gasteiger partial charge on any atom is 0.128 e. The number of pyridine rings is 1. The van der Waals surface area contributed by atoms with E-state index >= 15 is 0 Å². The van der Waals surface area contributed by atoms with Crippen molar-refractivity contribution in [1.82, 2.24) is 15.2 Å². The fourth-order valence-corrected chi connectivity index (χ4v) is 2.33. The second kappa shape index (κ2) is 7.76. The smallest absolute Gasteiger partial charge is 0.128 e. The summed E-state index contributed by atoms with van der Waals surface area (Å²) in [5.41, 5.74) is 2.59. The molecule has 1 fully saturated rings. The van der Waals surface area contributed by atoms with Crippen LogP contribution < -0.4 is 10.2 Å². The quantitative estimate of drug-likeness (QED) is 0.756. The number of nitrogens with one attached hydrogen (secondary N) is 1. The zero-order valence-electron chi connectivity index (χ0n) is 14.0. The van der Waals surface area contributed by atoms with Crippen molar-refractivity contribution in [2.24, 2.45) is 0 Å². The molecule has 1 aromatic heterocycles. The van der Waals surface area contributed by atoms with E-state index in [2.05, 4.69) is 55.3 Å². The van der Waals surface area contributed by atoms with Crippen molar-refractivity contribution in [3.05, 3.63) is 23.4 Å². The molecule has 0 radical (unpaired) electrons. The predicted molar refractivity (Wildman–Crippen MR) is 89.9 cm³/mol. The minimum atomic E-state index is 0.753. The second-order valence-corrected chi connectivity index (χ2v) is 6.45. The first kappa shape index (κ1) is 16.2. The van der Waals surface area contributed by atoms with Crippen molar-refractivity contribution in [3.63, 3.8) is 0 Å². The van der Waals surface area contributed by atoms with Gasteiger partial charge in [-0.2, -0.15) is 0 Å². The van der Waals surface area contributed by atoms with Crippen molar-refractivity contribution in [2.45, 2.75) is 45.2 Å². The maximum absolute atomic E-state index is 4.82. The Balaban J connectivity index is 2.05. The molecule has 1 saturated carbocycles. The lowest BCUT2D eigenvalue weighted by Crippen LogP contribution is -2.29. The van der Waals surface area contributed by atoms with Crippen LogP contribution in [-0.4, -0.2) is 50.2 Å². The topological polar surface area (TPSA) is 31.4 Å². The number of hydrogen-bond donors (Lipinski definition) is 1. The average Bonchev–Trinajstić information content (AvgIpc) is 3.27. The van der Waals surface area contributed by atoms with Gasteiger partial charge in [0.05, 0.1) is 0 Å². The summed E-state index contributed by atoms with van der Waals surface area (Å²) in [6.07, 6.45) is 4.88. The minimum absolute atomic E-state index is 0.753. The van der Waals surface area contributed by atoms with E-state index in [-0.39, 0.29) is 0 Å². The molecule has 1 aliphatic carbocycles. The molecule has 21 heavy (non-hydrogen) atoms. The van der Waals surface area contributed by atoms with Crippen molar-refractivity contribution in [3.8, 4) is 0 Å². The number of aryl methyl sites for hydroxylation is 1. The maximum atomic E-state index is 4.82. The first-order valence-electron chi connectivity index (χ1n) is 8.17. The lowest BCUT2D eigenvalue weighted by molar-refractivity contribution is 0.416. The third-order valence-electron chi connectivity index (χ3n) is 3.88. The highest BCUT2D eigenvalue weighted by Crippen LogP contribution is 2.21. The summed E-state index contributed by atoms with van der Waals surface area (Å²) in [6.45, 7) is 5.24. The Morgan fingerprint density at radius 2 is 1.95 bits per heavy atom. The summed E-state index contributed by atoms with van der Waals surface area (Å²) in [6, 6.07) is 5.26. The third kappa shape index (κ3) is 5.64. The molecule has 4 nitrogen and oxygen atoms in total. The highest BCUT2D eigenvalue weighted by Gasteiger charge is 2.20. The summed E-state index contributed by atoms with van der Waals surface area (Å²) < 4.78 is 0. The summed E-state index contributed by atoms with van der Waals surface area (Å²) in [5.74, 6) is 1.11. The summed E-state index contributed by atoms with van der Waals surface area (Å²) in [5, 5.41) is 3.60. The van der Waals surface area contributed by atoms with Gasteiger partial charge >= 0.3 is 0 Å². The molecule has 1 aliphatic rings. The molecule has 0 amide bonds. The average molecular weight is 290 g/mol. The molecule has 0 spiro atoms. The van der Waals surface area contributed by atoms with Gasteiger partial charge in [0.1, 0.15) is 5.82 Å². The van der Waals surface area contributed by atoms with Crippen LogP contribution in [0.15, 0.2) is 12.1 Å². The molecule has 0 atom stereocenters. The Labute approximate surface area is 129 Å². The van der Waals surface area contributed by atoms with Gasteiger partial charge in [0.25, 0.3) is 0 Å². The molecule has 2 rings (SSSR count). The lowest BCUT2D eigenvalue weighted by Gasteiger charge is -2.22. The largest absolute Gasteiger partial charge is 0.358 e. The van der Waals surface area contributed by atoms with Gasteiger partial charge in [0.2, 0.25) is 0 Å². The molecule has 1 heterocycles.